The van der Waals surface area contributed by atoms with Crippen molar-refractivity contribution in [3.05, 3.63) is 47.3 Å². The molecule has 3 rings (SSSR count). The molecule has 1 saturated carbocycles. The number of aromatic nitrogens is 2. The molecule has 0 spiro atoms. The minimum Gasteiger partial charge on any atom is -0.320 e. The summed E-state index contributed by atoms with van der Waals surface area (Å²) in [6, 6.07) is 8.91. The predicted molar refractivity (Wildman–Crippen MR) is 93.6 cm³/mol. The summed E-state index contributed by atoms with van der Waals surface area (Å²) in [6.07, 6.45) is 2.30. The van der Waals surface area contributed by atoms with Crippen molar-refractivity contribution in [3.8, 4) is 0 Å². The van der Waals surface area contributed by atoms with E-state index in [4.69, 9.17) is 0 Å². The SMILES string of the molecule is CC(=O)c1ccccc1NC(=O)c1cc(C2CC2)n(C(C)(C)C)n1. The molecule has 1 aromatic carbocycles. The Bertz CT molecular complexity index is 795. The fourth-order valence-corrected chi connectivity index (χ4v) is 2.80. The molecule has 1 aliphatic carbocycles. The van der Waals surface area contributed by atoms with Gasteiger partial charge in [-0.25, -0.2) is 0 Å². The number of carbonyl (C=O) groups excluding carboxylic acids is 2. The molecule has 1 amide bonds. The number of ketones is 1. The molecule has 1 N–H and O–H groups in total. The Hall–Kier alpha value is -2.43. The highest BCUT2D eigenvalue weighted by atomic mass is 16.2. The zero-order valence-corrected chi connectivity index (χ0v) is 14.6. The molecule has 1 fully saturated rings. The van der Waals surface area contributed by atoms with Gasteiger partial charge in [-0.15, -0.1) is 0 Å². The lowest BCUT2D eigenvalue weighted by molar-refractivity contribution is 0.101. The quantitative estimate of drug-likeness (QED) is 0.865. The van der Waals surface area contributed by atoms with E-state index in [9.17, 15) is 9.59 Å². The molecule has 5 nitrogen and oxygen atoms in total. The smallest absolute Gasteiger partial charge is 0.276 e. The van der Waals surface area contributed by atoms with E-state index in [1.165, 1.54) is 6.92 Å². The number of anilines is 1. The maximum absolute atomic E-state index is 12.6. The van der Waals surface area contributed by atoms with Crippen LogP contribution in [0.1, 0.15) is 73.0 Å². The van der Waals surface area contributed by atoms with Crippen LogP contribution in [0.3, 0.4) is 0 Å². The molecular formula is C19H23N3O2. The topological polar surface area (TPSA) is 64.0 Å². The minimum atomic E-state index is -0.284. The standard InChI is InChI=1S/C19H23N3O2/c1-12(23)14-7-5-6-8-15(14)20-18(24)16-11-17(13-9-10-13)22(21-16)19(2,3)4/h5-8,11,13H,9-10H2,1-4H3,(H,20,24). The molecule has 2 aromatic rings. The highest BCUT2D eigenvalue weighted by molar-refractivity contribution is 6.08. The van der Waals surface area contributed by atoms with Gasteiger partial charge in [0.15, 0.2) is 11.5 Å². The lowest BCUT2D eigenvalue weighted by Crippen LogP contribution is -2.26. The molecule has 0 aliphatic heterocycles. The molecule has 0 saturated heterocycles. The summed E-state index contributed by atoms with van der Waals surface area (Å²) >= 11 is 0. The first-order chi connectivity index (χ1) is 11.3. The Kier molecular flexibility index (Phi) is 4.03. The highest BCUT2D eigenvalue weighted by Gasteiger charge is 2.32. The molecule has 0 radical (unpaired) electrons. The van der Waals surface area contributed by atoms with Gasteiger partial charge in [0.1, 0.15) is 0 Å². The molecule has 0 bridgehead atoms. The molecule has 0 atom stereocenters. The van der Waals surface area contributed by atoms with Gasteiger partial charge in [0.05, 0.1) is 11.2 Å². The van der Waals surface area contributed by atoms with Crippen LogP contribution in [-0.2, 0) is 5.54 Å². The predicted octanol–water partition coefficient (Wildman–Crippen LogP) is 3.97. The number of benzene rings is 1. The average Bonchev–Trinajstić information content (AvgIpc) is 3.24. The van der Waals surface area contributed by atoms with Gasteiger partial charge in [0, 0.05) is 17.2 Å². The van der Waals surface area contributed by atoms with Crippen LogP contribution >= 0.6 is 0 Å². The lowest BCUT2D eigenvalue weighted by Gasteiger charge is -2.22. The third kappa shape index (κ3) is 3.25. The number of nitrogens with one attached hydrogen (secondary N) is 1. The largest absolute Gasteiger partial charge is 0.320 e. The molecule has 0 unspecified atom stereocenters. The van der Waals surface area contributed by atoms with Crippen LogP contribution in [0.25, 0.3) is 0 Å². The van der Waals surface area contributed by atoms with Crippen molar-refractivity contribution in [1.29, 1.82) is 0 Å². The number of Topliss-reactive ketones (excluding diaryl/α,β-unsaturated/α-hetero) is 1. The molecule has 1 aromatic heterocycles. The van der Waals surface area contributed by atoms with E-state index in [2.05, 4.69) is 31.2 Å². The van der Waals surface area contributed by atoms with E-state index in [0.717, 1.165) is 18.5 Å². The van der Waals surface area contributed by atoms with Gasteiger partial charge in [-0.3, -0.25) is 14.3 Å². The van der Waals surface area contributed by atoms with Crippen LogP contribution in [0.15, 0.2) is 30.3 Å². The second-order valence-corrected chi connectivity index (χ2v) is 7.37. The van der Waals surface area contributed by atoms with Crippen molar-refractivity contribution in [1.82, 2.24) is 9.78 Å². The van der Waals surface area contributed by atoms with E-state index in [1.807, 2.05) is 10.7 Å². The summed E-state index contributed by atoms with van der Waals surface area (Å²) in [5, 5.41) is 7.36. The van der Waals surface area contributed by atoms with E-state index in [0.29, 0.717) is 22.9 Å². The maximum atomic E-state index is 12.6. The van der Waals surface area contributed by atoms with Crippen molar-refractivity contribution in [3.63, 3.8) is 0 Å². The molecule has 1 heterocycles. The summed E-state index contributed by atoms with van der Waals surface area (Å²) in [5.74, 6) is 0.140. The third-order valence-corrected chi connectivity index (χ3v) is 4.16. The van der Waals surface area contributed by atoms with Crippen LogP contribution in [0.5, 0.6) is 0 Å². The first-order valence-electron chi connectivity index (χ1n) is 8.29. The fourth-order valence-electron chi connectivity index (χ4n) is 2.80. The van der Waals surface area contributed by atoms with Crippen LogP contribution in [-0.4, -0.2) is 21.5 Å². The summed E-state index contributed by atoms with van der Waals surface area (Å²) in [7, 11) is 0. The Morgan fingerprint density at radius 3 is 2.46 bits per heavy atom. The van der Waals surface area contributed by atoms with Gasteiger partial charge >= 0.3 is 0 Å². The van der Waals surface area contributed by atoms with Gasteiger partial charge in [-0.1, -0.05) is 12.1 Å². The zero-order valence-electron chi connectivity index (χ0n) is 14.6. The molecular weight excluding hydrogens is 302 g/mol. The number of hydrogen-bond acceptors (Lipinski definition) is 3. The van der Waals surface area contributed by atoms with Gasteiger partial charge in [-0.05, 0) is 58.7 Å². The van der Waals surface area contributed by atoms with Crippen molar-refractivity contribution < 1.29 is 9.59 Å². The Morgan fingerprint density at radius 1 is 1.21 bits per heavy atom. The summed E-state index contributed by atoms with van der Waals surface area (Å²) in [4.78, 5) is 24.3. The number of carbonyl (C=O) groups is 2. The first-order valence-corrected chi connectivity index (χ1v) is 8.29. The highest BCUT2D eigenvalue weighted by Crippen LogP contribution is 2.41. The van der Waals surface area contributed by atoms with Crippen molar-refractivity contribution in [2.45, 2.75) is 52.0 Å². The van der Waals surface area contributed by atoms with Crippen LogP contribution in [0, 0.1) is 0 Å². The number of rotatable bonds is 4. The van der Waals surface area contributed by atoms with E-state index < -0.39 is 0 Å². The zero-order chi connectivity index (χ0) is 17.5. The number of nitrogens with zero attached hydrogens (tertiary/aromatic N) is 2. The molecule has 1 aliphatic rings. The van der Waals surface area contributed by atoms with Crippen LogP contribution in [0.2, 0.25) is 0 Å². The van der Waals surface area contributed by atoms with Gasteiger partial charge in [0.25, 0.3) is 5.91 Å². The summed E-state index contributed by atoms with van der Waals surface area (Å²) < 4.78 is 1.95. The van der Waals surface area contributed by atoms with E-state index in [1.54, 1.807) is 24.3 Å². The monoisotopic (exact) mass is 325 g/mol. The van der Waals surface area contributed by atoms with Crippen molar-refractivity contribution in [2.75, 3.05) is 5.32 Å². The minimum absolute atomic E-state index is 0.0789. The third-order valence-electron chi connectivity index (χ3n) is 4.16. The van der Waals surface area contributed by atoms with E-state index >= 15 is 0 Å². The Morgan fingerprint density at radius 2 is 1.88 bits per heavy atom. The van der Waals surface area contributed by atoms with Crippen LogP contribution < -0.4 is 5.32 Å². The van der Waals surface area contributed by atoms with Crippen LogP contribution in [0.4, 0.5) is 5.69 Å². The van der Waals surface area contributed by atoms with Gasteiger partial charge in [-0.2, -0.15) is 5.10 Å². The second kappa shape index (κ2) is 5.89. The average molecular weight is 325 g/mol. The fraction of sp³-hybridized carbons (Fsp3) is 0.421. The molecule has 24 heavy (non-hydrogen) atoms. The lowest BCUT2D eigenvalue weighted by atomic mass is 10.1. The van der Waals surface area contributed by atoms with Crippen molar-refractivity contribution in [2.24, 2.45) is 0 Å². The van der Waals surface area contributed by atoms with Gasteiger partial charge in [0.2, 0.25) is 0 Å². The number of hydrogen-bond donors (Lipinski definition) is 1. The Labute approximate surface area is 142 Å². The van der Waals surface area contributed by atoms with E-state index in [-0.39, 0.29) is 17.2 Å². The summed E-state index contributed by atoms with van der Waals surface area (Å²) in [5.41, 5.74) is 2.36. The second-order valence-electron chi connectivity index (χ2n) is 7.37. The molecule has 5 heteroatoms. The molecule has 126 valence electrons. The van der Waals surface area contributed by atoms with Gasteiger partial charge < -0.3 is 5.32 Å². The number of amides is 1. The summed E-state index contributed by atoms with van der Waals surface area (Å²) in [6.45, 7) is 7.74. The Balaban J connectivity index is 1.90. The number of para-hydroxylation sites is 1. The maximum Gasteiger partial charge on any atom is 0.276 e. The first kappa shape index (κ1) is 16.4. The normalized spacial score (nSPS) is 14.5. The van der Waals surface area contributed by atoms with Crippen molar-refractivity contribution >= 4 is 17.4 Å².